The first-order valence-electron chi connectivity index (χ1n) is 15.1. The molecule has 42 heavy (non-hydrogen) atoms. The van der Waals surface area contributed by atoms with E-state index in [4.69, 9.17) is 11.6 Å². The number of nitrogens with one attached hydrogen (secondary N) is 2. The Bertz CT molecular complexity index is 2020. The number of benzene rings is 5. The molecule has 0 radical (unpaired) electrons. The third kappa shape index (κ3) is 4.78. The van der Waals surface area contributed by atoms with Crippen LogP contribution in [-0.2, 0) is 12.8 Å². The molecule has 0 atom stereocenters. The number of fused-ring (bicyclic) bond motifs is 7. The minimum atomic E-state index is 0.00647. The summed E-state index contributed by atoms with van der Waals surface area (Å²) < 4.78 is 0. The molecule has 0 bridgehead atoms. The van der Waals surface area contributed by atoms with Gasteiger partial charge in [0, 0.05) is 33.4 Å². The van der Waals surface area contributed by atoms with Gasteiger partial charge >= 0.3 is 0 Å². The molecular weight excluding hydrogens is 532 g/mol. The molecule has 1 aromatic heterocycles. The van der Waals surface area contributed by atoms with Crippen LogP contribution in [0.3, 0.4) is 0 Å². The summed E-state index contributed by atoms with van der Waals surface area (Å²) in [4.78, 5) is 3.30. The number of aromatic amines is 1. The Kier molecular flexibility index (Phi) is 6.63. The molecule has 2 heterocycles. The number of hydrogen-bond acceptors (Lipinski definition) is 1. The highest BCUT2D eigenvalue weighted by molar-refractivity contribution is 6.38. The molecule has 0 unspecified atom stereocenters. The summed E-state index contributed by atoms with van der Waals surface area (Å²) in [6.07, 6.45) is 9.27. The van der Waals surface area contributed by atoms with Gasteiger partial charge in [-0.2, -0.15) is 0 Å². The van der Waals surface area contributed by atoms with Gasteiger partial charge in [0.25, 0.3) is 0 Å². The highest BCUT2D eigenvalue weighted by Gasteiger charge is 2.24. The second-order valence-corrected chi connectivity index (χ2v) is 13.0. The smallest absolute Gasteiger partial charge is 0.0506 e. The Hall–Kier alpha value is -4.01. The van der Waals surface area contributed by atoms with E-state index in [0.29, 0.717) is 0 Å². The van der Waals surface area contributed by atoms with E-state index in [0.717, 1.165) is 5.02 Å². The van der Waals surface area contributed by atoms with Gasteiger partial charge in [-0.1, -0.05) is 66.2 Å². The second kappa shape index (κ2) is 10.4. The molecule has 5 aromatic carbocycles. The first-order valence-corrected chi connectivity index (χ1v) is 15.5. The molecule has 2 N–H and O–H groups in total. The number of hydrogen-bond donors (Lipinski definition) is 2. The molecule has 210 valence electrons. The topological polar surface area (TPSA) is 27.8 Å². The van der Waals surface area contributed by atoms with E-state index >= 15 is 0 Å². The third-order valence-corrected chi connectivity index (χ3v) is 9.28. The van der Waals surface area contributed by atoms with Gasteiger partial charge in [0.2, 0.25) is 0 Å². The lowest BCUT2D eigenvalue weighted by molar-refractivity contribution is 0.690. The van der Waals surface area contributed by atoms with Crippen LogP contribution in [0, 0.1) is 6.92 Å². The summed E-state index contributed by atoms with van der Waals surface area (Å²) in [6.45, 7) is 8.83. The lowest BCUT2D eigenvalue weighted by Gasteiger charge is -2.33. The number of anilines is 1. The van der Waals surface area contributed by atoms with Crippen LogP contribution in [0.4, 0.5) is 5.69 Å². The number of allylic oxidation sites excluding steroid dienone is 1. The van der Waals surface area contributed by atoms with Gasteiger partial charge in [-0.3, -0.25) is 0 Å². The maximum Gasteiger partial charge on any atom is 0.0506 e. The van der Waals surface area contributed by atoms with Gasteiger partial charge in [0.15, 0.2) is 0 Å². The Morgan fingerprint density at radius 3 is 2.48 bits per heavy atom. The van der Waals surface area contributed by atoms with Crippen molar-refractivity contribution in [2.24, 2.45) is 0 Å². The molecule has 0 amide bonds. The number of rotatable bonds is 1. The van der Waals surface area contributed by atoms with Crippen LogP contribution in [0.5, 0.6) is 0 Å². The van der Waals surface area contributed by atoms with Crippen molar-refractivity contribution < 1.29 is 0 Å². The highest BCUT2D eigenvalue weighted by atomic mass is 35.5. The van der Waals surface area contributed by atoms with Crippen molar-refractivity contribution in [2.45, 2.75) is 58.9 Å². The maximum atomic E-state index is 6.57. The highest BCUT2D eigenvalue weighted by Crippen LogP contribution is 2.40. The largest absolute Gasteiger partial charge is 0.376 e. The quantitative estimate of drug-likeness (QED) is 0.190. The fourth-order valence-corrected chi connectivity index (χ4v) is 7.37. The van der Waals surface area contributed by atoms with Crippen molar-refractivity contribution in [1.29, 1.82) is 0 Å². The molecule has 0 saturated heterocycles. The predicted octanol–water partition coefficient (Wildman–Crippen LogP) is 11.3. The van der Waals surface area contributed by atoms with E-state index in [1.54, 1.807) is 0 Å². The summed E-state index contributed by atoms with van der Waals surface area (Å²) in [5.41, 5.74) is 11.9. The zero-order chi connectivity index (χ0) is 29.0. The van der Waals surface area contributed by atoms with E-state index in [-0.39, 0.29) is 5.54 Å². The lowest BCUT2D eigenvalue weighted by atomic mass is 9.86. The van der Waals surface area contributed by atoms with Crippen LogP contribution in [0.1, 0.15) is 55.9 Å². The molecular formula is C39H37ClN2. The maximum absolute atomic E-state index is 6.57. The predicted molar refractivity (Wildman–Crippen MR) is 183 cm³/mol. The van der Waals surface area contributed by atoms with Gasteiger partial charge in [-0.25, -0.2) is 0 Å². The van der Waals surface area contributed by atoms with E-state index in [1.807, 2.05) is 6.20 Å². The fraction of sp³-hybridized carbons (Fsp3) is 0.231. The summed E-state index contributed by atoms with van der Waals surface area (Å²) >= 11 is 6.57. The Morgan fingerprint density at radius 2 is 1.60 bits per heavy atom. The van der Waals surface area contributed by atoms with Gasteiger partial charge in [-0.15, -0.1) is 0 Å². The van der Waals surface area contributed by atoms with Crippen LogP contribution in [0.15, 0.2) is 91.1 Å². The summed E-state index contributed by atoms with van der Waals surface area (Å²) in [6, 6.07) is 28.5. The van der Waals surface area contributed by atoms with Crippen LogP contribution in [0.25, 0.3) is 49.1 Å². The van der Waals surface area contributed by atoms with Crippen molar-refractivity contribution in [1.82, 2.24) is 4.98 Å². The monoisotopic (exact) mass is 568 g/mol. The normalized spacial score (nSPS) is 15.4. The van der Waals surface area contributed by atoms with Gasteiger partial charge in [-0.05, 0) is 139 Å². The van der Waals surface area contributed by atoms with Gasteiger partial charge in [0.1, 0.15) is 0 Å². The standard InChI is InChI=1S/C21H22N2.C18H15Cl/c1-13-9-17(16-6-5-15-7-8-22-19(15)11-16)10-18-14(2)12-21(3,4)23-20(13)18;19-17-11-13-6-2-3-7-14(13)16-10-9-12-5-1-4-8-15(12)18(16)17/h5-12,22-23H,1-4H3;2-3,6-7,9-11H,1,4-5,8H2. The van der Waals surface area contributed by atoms with Crippen molar-refractivity contribution in [3.8, 4) is 11.1 Å². The molecule has 3 heteroatoms. The average molecular weight is 569 g/mol. The number of aryl methyl sites for hydroxylation is 3. The van der Waals surface area contributed by atoms with Crippen molar-refractivity contribution >= 4 is 55.3 Å². The van der Waals surface area contributed by atoms with Gasteiger partial charge < -0.3 is 10.3 Å². The molecule has 0 fully saturated rings. The minimum absolute atomic E-state index is 0.00647. The molecule has 2 nitrogen and oxygen atoms in total. The molecule has 0 saturated carbocycles. The number of halogens is 1. The molecule has 1 aliphatic carbocycles. The van der Waals surface area contributed by atoms with Crippen LogP contribution in [0.2, 0.25) is 5.02 Å². The zero-order valence-electron chi connectivity index (χ0n) is 24.9. The Morgan fingerprint density at radius 1 is 0.762 bits per heavy atom. The Balaban J connectivity index is 0.000000139. The van der Waals surface area contributed by atoms with E-state index in [9.17, 15) is 0 Å². The minimum Gasteiger partial charge on any atom is -0.376 e. The third-order valence-electron chi connectivity index (χ3n) is 8.98. The van der Waals surface area contributed by atoms with Crippen molar-refractivity contribution in [3.05, 3.63) is 118 Å². The number of H-pyrrole nitrogens is 1. The van der Waals surface area contributed by atoms with Crippen LogP contribution >= 0.6 is 11.6 Å². The zero-order valence-corrected chi connectivity index (χ0v) is 25.6. The summed E-state index contributed by atoms with van der Waals surface area (Å²) in [5, 5.41) is 11.0. The fourth-order valence-electron chi connectivity index (χ4n) is 7.04. The lowest BCUT2D eigenvalue weighted by Crippen LogP contribution is -2.32. The summed E-state index contributed by atoms with van der Waals surface area (Å²) in [5.74, 6) is 0. The molecule has 1 aliphatic heterocycles. The average Bonchev–Trinajstić information content (AvgIpc) is 3.45. The molecule has 6 aromatic rings. The SMILES string of the molecule is CC1=CC(C)(C)Nc2c(C)cc(-c3ccc4cc[nH]c4c3)cc21.Clc1cc2ccccc2c2ccc3c(c12)CCCC3. The molecule has 2 aliphatic rings. The Labute approximate surface area is 253 Å². The van der Waals surface area contributed by atoms with Crippen molar-refractivity contribution in [2.75, 3.05) is 5.32 Å². The van der Waals surface area contributed by atoms with Crippen molar-refractivity contribution in [3.63, 3.8) is 0 Å². The van der Waals surface area contributed by atoms with Gasteiger partial charge in [0.05, 0.1) is 5.54 Å². The van der Waals surface area contributed by atoms with E-state index < -0.39 is 0 Å². The molecule has 0 spiro atoms. The van der Waals surface area contributed by atoms with Crippen LogP contribution in [-0.4, -0.2) is 10.5 Å². The number of aromatic nitrogens is 1. The first-order chi connectivity index (χ1) is 20.3. The molecule has 8 rings (SSSR count). The first kappa shape index (κ1) is 26.9. The van der Waals surface area contributed by atoms with E-state index in [1.165, 1.54) is 103 Å². The van der Waals surface area contributed by atoms with E-state index in [2.05, 4.69) is 123 Å². The van der Waals surface area contributed by atoms with Crippen LogP contribution < -0.4 is 5.32 Å². The summed E-state index contributed by atoms with van der Waals surface area (Å²) in [7, 11) is 0. The second-order valence-electron chi connectivity index (χ2n) is 12.6.